The molecule has 0 spiro atoms. The lowest BCUT2D eigenvalue weighted by Gasteiger charge is -2.22. The standard InChI is InChI=1S/C20H21F3N2O3/c1-12(2)17(25-18(26)14-6-4-13(3)5-7-14)19(27)24-15-8-10-16(11-9-15)28-20(21,22)23/h4-12,17H,1-3H3,(H,24,27)(H,25,26)/t17-/m0/s1. The summed E-state index contributed by atoms with van der Waals surface area (Å²) in [5.41, 5.74) is 1.72. The molecule has 0 aliphatic carbocycles. The molecule has 8 heteroatoms. The molecule has 2 rings (SSSR count). The summed E-state index contributed by atoms with van der Waals surface area (Å²) in [7, 11) is 0. The predicted molar refractivity (Wildman–Crippen MR) is 99.0 cm³/mol. The summed E-state index contributed by atoms with van der Waals surface area (Å²) in [6.07, 6.45) is -4.78. The van der Waals surface area contributed by atoms with Crippen molar-refractivity contribution in [2.75, 3.05) is 5.32 Å². The molecule has 2 aromatic carbocycles. The Bertz CT molecular complexity index is 816. The van der Waals surface area contributed by atoms with Gasteiger partial charge in [0, 0.05) is 11.3 Å². The molecule has 150 valence electrons. The molecule has 0 aliphatic rings. The van der Waals surface area contributed by atoms with Crippen molar-refractivity contribution in [2.45, 2.75) is 33.2 Å². The minimum atomic E-state index is -4.78. The van der Waals surface area contributed by atoms with Gasteiger partial charge in [-0.2, -0.15) is 0 Å². The first-order valence-corrected chi connectivity index (χ1v) is 8.59. The van der Waals surface area contributed by atoms with E-state index in [4.69, 9.17) is 0 Å². The summed E-state index contributed by atoms with van der Waals surface area (Å²) >= 11 is 0. The fourth-order valence-corrected chi connectivity index (χ4v) is 2.42. The molecule has 0 aliphatic heterocycles. The second-order valence-corrected chi connectivity index (χ2v) is 6.62. The number of aryl methyl sites for hydroxylation is 1. The number of alkyl halides is 3. The van der Waals surface area contributed by atoms with Gasteiger partial charge in [-0.05, 0) is 49.2 Å². The van der Waals surface area contributed by atoms with Crippen LogP contribution < -0.4 is 15.4 Å². The number of ether oxygens (including phenoxy) is 1. The fraction of sp³-hybridized carbons (Fsp3) is 0.300. The molecule has 0 heterocycles. The molecule has 0 radical (unpaired) electrons. The first kappa shape index (κ1) is 21.3. The van der Waals surface area contributed by atoms with Crippen molar-refractivity contribution in [1.29, 1.82) is 0 Å². The van der Waals surface area contributed by atoms with Crippen molar-refractivity contribution < 1.29 is 27.5 Å². The second kappa shape index (κ2) is 8.77. The molecule has 0 unspecified atom stereocenters. The maximum Gasteiger partial charge on any atom is 0.573 e. The largest absolute Gasteiger partial charge is 0.573 e. The van der Waals surface area contributed by atoms with Crippen molar-refractivity contribution in [1.82, 2.24) is 5.32 Å². The van der Waals surface area contributed by atoms with Gasteiger partial charge >= 0.3 is 6.36 Å². The minimum absolute atomic E-state index is 0.206. The van der Waals surface area contributed by atoms with E-state index in [1.54, 1.807) is 38.1 Å². The Morgan fingerprint density at radius 3 is 2.04 bits per heavy atom. The number of halogens is 3. The third kappa shape index (κ3) is 6.29. The van der Waals surface area contributed by atoms with Crippen LogP contribution >= 0.6 is 0 Å². The number of hydrogen-bond acceptors (Lipinski definition) is 3. The quantitative estimate of drug-likeness (QED) is 0.768. The normalized spacial score (nSPS) is 12.4. The van der Waals surface area contributed by atoms with Gasteiger partial charge < -0.3 is 15.4 Å². The van der Waals surface area contributed by atoms with Gasteiger partial charge in [-0.15, -0.1) is 13.2 Å². The predicted octanol–water partition coefficient (Wildman–Crippen LogP) is 4.29. The highest BCUT2D eigenvalue weighted by molar-refractivity contribution is 6.01. The van der Waals surface area contributed by atoms with Crippen molar-refractivity contribution in [3.8, 4) is 5.75 Å². The third-order valence-electron chi connectivity index (χ3n) is 3.90. The Balaban J connectivity index is 2.04. The Morgan fingerprint density at radius 1 is 0.964 bits per heavy atom. The molecule has 0 fully saturated rings. The SMILES string of the molecule is Cc1ccc(C(=O)N[C@H](C(=O)Nc2ccc(OC(F)(F)F)cc2)C(C)C)cc1. The van der Waals surface area contributed by atoms with Crippen molar-refractivity contribution in [3.63, 3.8) is 0 Å². The lowest BCUT2D eigenvalue weighted by molar-refractivity contribution is -0.274. The van der Waals surface area contributed by atoms with Gasteiger partial charge in [0.15, 0.2) is 0 Å². The van der Waals surface area contributed by atoms with E-state index in [1.165, 1.54) is 12.1 Å². The Hall–Kier alpha value is -3.03. The van der Waals surface area contributed by atoms with Crippen LogP contribution in [0.3, 0.4) is 0 Å². The smallest absolute Gasteiger partial charge is 0.406 e. The second-order valence-electron chi connectivity index (χ2n) is 6.62. The number of amides is 2. The van der Waals surface area contributed by atoms with Crippen LogP contribution in [0.15, 0.2) is 48.5 Å². The highest BCUT2D eigenvalue weighted by Crippen LogP contribution is 2.24. The fourth-order valence-electron chi connectivity index (χ4n) is 2.42. The molecule has 2 aromatic rings. The van der Waals surface area contributed by atoms with Gasteiger partial charge in [0.1, 0.15) is 11.8 Å². The average Bonchev–Trinajstić information content (AvgIpc) is 2.60. The van der Waals surface area contributed by atoms with Crippen molar-refractivity contribution in [3.05, 3.63) is 59.7 Å². The number of rotatable bonds is 6. The lowest BCUT2D eigenvalue weighted by atomic mass is 10.0. The highest BCUT2D eigenvalue weighted by Gasteiger charge is 2.31. The van der Waals surface area contributed by atoms with Gasteiger partial charge in [0.25, 0.3) is 5.91 Å². The van der Waals surface area contributed by atoms with Crippen LogP contribution in [0, 0.1) is 12.8 Å². The van der Waals surface area contributed by atoms with Crippen LogP contribution in [-0.2, 0) is 4.79 Å². The summed E-state index contributed by atoms with van der Waals surface area (Å²) in [6.45, 7) is 5.46. The Morgan fingerprint density at radius 2 is 1.54 bits per heavy atom. The highest BCUT2D eigenvalue weighted by atomic mass is 19.4. The van der Waals surface area contributed by atoms with Crippen LogP contribution in [0.4, 0.5) is 18.9 Å². The average molecular weight is 394 g/mol. The van der Waals surface area contributed by atoms with Crippen molar-refractivity contribution >= 4 is 17.5 Å². The number of hydrogen-bond donors (Lipinski definition) is 2. The molecule has 28 heavy (non-hydrogen) atoms. The van der Waals surface area contributed by atoms with E-state index in [0.29, 0.717) is 5.56 Å². The van der Waals surface area contributed by atoms with Crippen LogP contribution in [-0.4, -0.2) is 24.2 Å². The molecule has 0 aromatic heterocycles. The van der Waals surface area contributed by atoms with Gasteiger partial charge in [-0.1, -0.05) is 31.5 Å². The molecule has 2 N–H and O–H groups in total. The van der Waals surface area contributed by atoms with Gasteiger partial charge in [-0.25, -0.2) is 0 Å². The molecule has 0 saturated carbocycles. The van der Waals surface area contributed by atoms with E-state index in [2.05, 4.69) is 15.4 Å². The number of carbonyl (C=O) groups is 2. The maximum absolute atomic E-state index is 12.6. The van der Waals surface area contributed by atoms with Crippen LogP contribution in [0.1, 0.15) is 29.8 Å². The number of carbonyl (C=O) groups excluding carboxylic acids is 2. The summed E-state index contributed by atoms with van der Waals surface area (Å²) in [5.74, 6) is -1.46. The molecule has 1 atom stereocenters. The van der Waals surface area contributed by atoms with Gasteiger partial charge in [0.05, 0.1) is 0 Å². The van der Waals surface area contributed by atoms with E-state index in [0.717, 1.165) is 17.7 Å². The van der Waals surface area contributed by atoms with Gasteiger partial charge in [-0.3, -0.25) is 9.59 Å². The van der Waals surface area contributed by atoms with Crippen LogP contribution in [0.25, 0.3) is 0 Å². The number of anilines is 1. The Labute approximate surface area is 160 Å². The summed E-state index contributed by atoms with van der Waals surface area (Å²) in [4.78, 5) is 24.9. The number of benzene rings is 2. The third-order valence-corrected chi connectivity index (χ3v) is 3.90. The number of nitrogens with one attached hydrogen (secondary N) is 2. The van der Waals surface area contributed by atoms with E-state index in [-0.39, 0.29) is 17.5 Å². The monoisotopic (exact) mass is 394 g/mol. The Kier molecular flexibility index (Phi) is 6.66. The summed E-state index contributed by atoms with van der Waals surface area (Å²) in [6, 6.07) is 10.9. The first-order valence-electron chi connectivity index (χ1n) is 8.59. The zero-order valence-corrected chi connectivity index (χ0v) is 15.6. The van der Waals surface area contributed by atoms with Crippen LogP contribution in [0.5, 0.6) is 5.75 Å². The first-order chi connectivity index (χ1) is 13.0. The topological polar surface area (TPSA) is 67.4 Å². The van der Waals surface area contributed by atoms with Crippen LogP contribution in [0.2, 0.25) is 0 Å². The van der Waals surface area contributed by atoms with E-state index >= 15 is 0 Å². The molecule has 0 saturated heterocycles. The molecule has 5 nitrogen and oxygen atoms in total. The molecular weight excluding hydrogens is 373 g/mol. The summed E-state index contributed by atoms with van der Waals surface area (Å²) in [5, 5.41) is 5.28. The molecule has 0 bridgehead atoms. The summed E-state index contributed by atoms with van der Waals surface area (Å²) < 4.78 is 40.4. The molecule has 2 amide bonds. The molecular formula is C20H21F3N2O3. The van der Waals surface area contributed by atoms with E-state index < -0.39 is 24.1 Å². The minimum Gasteiger partial charge on any atom is -0.406 e. The van der Waals surface area contributed by atoms with E-state index in [9.17, 15) is 22.8 Å². The van der Waals surface area contributed by atoms with Crippen molar-refractivity contribution in [2.24, 2.45) is 5.92 Å². The zero-order chi connectivity index (χ0) is 20.9. The zero-order valence-electron chi connectivity index (χ0n) is 15.6. The lowest BCUT2D eigenvalue weighted by Crippen LogP contribution is -2.47. The van der Waals surface area contributed by atoms with E-state index in [1.807, 2.05) is 6.92 Å². The van der Waals surface area contributed by atoms with Gasteiger partial charge in [0.2, 0.25) is 5.91 Å². The maximum atomic E-state index is 12.6.